The van der Waals surface area contributed by atoms with E-state index in [-0.39, 0.29) is 49.3 Å². The van der Waals surface area contributed by atoms with E-state index in [9.17, 15) is 27.6 Å². The van der Waals surface area contributed by atoms with E-state index in [1.165, 1.54) is 4.90 Å². The molecule has 2 saturated heterocycles. The van der Waals surface area contributed by atoms with Gasteiger partial charge in [-0.3, -0.25) is 19.1 Å². The van der Waals surface area contributed by atoms with Crippen molar-refractivity contribution in [2.45, 2.75) is 125 Å². The number of rotatable bonds is 8. The Bertz CT molecular complexity index is 2050. The second-order valence-corrected chi connectivity index (χ2v) is 18.9. The number of allylic oxidation sites excluding steroid dienone is 1. The van der Waals surface area contributed by atoms with Crippen LogP contribution in [0.2, 0.25) is 0 Å². The lowest BCUT2D eigenvalue weighted by molar-refractivity contribution is -0.146. The number of hydrogen-bond acceptors (Lipinski definition) is 10. The summed E-state index contributed by atoms with van der Waals surface area (Å²) in [7, 11) is -2.29. The molecule has 15 nitrogen and oxygen atoms in total. The van der Waals surface area contributed by atoms with Crippen LogP contribution in [0, 0.1) is 11.8 Å². The highest BCUT2D eigenvalue weighted by Crippen LogP contribution is 2.43. The second kappa shape index (κ2) is 16.7. The number of aromatic nitrogens is 1. The fourth-order valence-electron chi connectivity index (χ4n) is 9.50. The zero-order chi connectivity index (χ0) is 40.6. The van der Waals surface area contributed by atoms with E-state index >= 15 is 0 Å². The highest BCUT2D eigenvalue weighted by Gasteiger charge is 2.56. The number of urea groups is 1. The Hall–Kier alpha value is -4.44. The lowest BCUT2D eigenvalue weighted by Crippen LogP contribution is -2.70. The van der Waals surface area contributed by atoms with E-state index in [1.807, 2.05) is 37.3 Å². The molecule has 3 aliphatic carbocycles. The first-order valence-electron chi connectivity index (χ1n) is 21.2. The topological polar surface area (TPSA) is 186 Å². The van der Waals surface area contributed by atoms with Gasteiger partial charge in [-0.2, -0.15) is 0 Å². The molecule has 58 heavy (non-hydrogen) atoms. The maximum Gasteiger partial charge on any atom is 0.318 e. The zero-order valence-electron chi connectivity index (χ0n) is 33.5. The average molecular weight is 821 g/mol. The van der Waals surface area contributed by atoms with Crippen molar-refractivity contribution in [1.29, 1.82) is 0 Å². The van der Waals surface area contributed by atoms with Crippen LogP contribution >= 0.6 is 0 Å². The van der Waals surface area contributed by atoms with Crippen molar-refractivity contribution in [3.05, 3.63) is 35.9 Å². The number of sulfonamides is 1. The van der Waals surface area contributed by atoms with E-state index in [0.717, 1.165) is 49.5 Å². The number of methoxy groups -OCH3 is 1. The van der Waals surface area contributed by atoms with Crippen molar-refractivity contribution in [1.82, 2.24) is 30.1 Å². The Kier molecular flexibility index (Phi) is 11.6. The Morgan fingerprint density at radius 1 is 1.03 bits per heavy atom. The molecule has 3 saturated carbocycles. The molecule has 1 aromatic carbocycles. The van der Waals surface area contributed by atoms with Crippen LogP contribution in [0.3, 0.4) is 0 Å². The van der Waals surface area contributed by atoms with Gasteiger partial charge in [-0.15, -0.1) is 0 Å². The Labute approximate surface area is 340 Å². The van der Waals surface area contributed by atoms with Crippen molar-refractivity contribution in [3.8, 4) is 11.6 Å². The Morgan fingerprint density at radius 3 is 2.57 bits per heavy atom. The van der Waals surface area contributed by atoms with Gasteiger partial charge in [0, 0.05) is 43.1 Å². The Balaban J connectivity index is 1.14. The fraction of sp³-hybridized carbons (Fsp3) is 0.643. The minimum Gasteiger partial charge on any atom is -0.497 e. The molecule has 1 aromatic heterocycles. The standard InChI is InChI=1S/C42H56N6O9S/c1-3-29-16-18-42(29,40(51)46-58(53,54)33-14-15-33)45-37(49)35-23-32-25-48(35)39(50)36(26-9-6-7-10-26)44-41(52)47-19-17-31(24-47)56-20-8-4-5-11-28-21-27-12-13-30(55-2)22-34(27)43-38(28)57-32/h5,11-13,21-22,26,29,31-33,35-36H,3-4,6-10,14-20,23-25H2,1-2H3,(H,44,52)(H,45,49)(H,46,51)/b11-5+/t29-,31+,32-,35+,36+,42-/m1/s1. The van der Waals surface area contributed by atoms with Crippen LogP contribution in [-0.4, -0.2) is 115 Å². The van der Waals surface area contributed by atoms with Gasteiger partial charge < -0.3 is 34.6 Å². The molecule has 0 unspecified atom stereocenters. The van der Waals surface area contributed by atoms with Crippen LogP contribution in [0.5, 0.6) is 11.6 Å². The first-order valence-corrected chi connectivity index (χ1v) is 22.7. The van der Waals surface area contributed by atoms with Gasteiger partial charge >= 0.3 is 6.03 Å². The number of carbonyl (C=O) groups is 4. The number of pyridine rings is 1. The summed E-state index contributed by atoms with van der Waals surface area (Å²) in [6.07, 6.45) is 11.3. The third-order valence-electron chi connectivity index (χ3n) is 13.2. The van der Waals surface area contributed by atoms with Gasteiger partial charge in [-0.1, -0.05) is 38.3 Å². The quantitative estimate of drug-likeness (QED) is 0.351. The van der Waals surface area contributed by atoms with E-state index in [1.54, 1.807) is 12.0 Å². The molecule has 5 fully saturated rings. The average Bonchev–Trinajstić information content (AvgIpc) is 3.53. The molecule has 16 heteroatoms. The smallest absolute Gasteiger partial charge is 0.318 e. The molecule has 5 amide bonds. The minimum atomic E-state index is -3.88. The number of hydrogen-bond donors (Lipinski definition) is 3. The van der Waals surface area contributed by atoms with Crippen molar-refractivity contribution >= 4 is 50.8 Å². The predicted molar refractivity (Wildman–Crippen MR) is 215 cm³/mol. The van der Waals surface area contributed by atoms with Gasteiger partial charge in [-0.05, 0) is 87.8 Å². The van der Waals surface area contributed by atoms with Gasteiger partial charge in [-0.25, -0.2) is 18.2 Å². The molecule has 4 bridgehead atoms. The SMILES string of the molecule is CC[C@@H]1CC[C@]1(NC(=O)[C@@H]1C[C@@H]2CN1C(=O)[C@H](C1CCCC1)NC(=O)N1CC[C@@H](C1)OCCC/C=C/c1cc3ccc(OC)cc3nc1O2)C(=O)NS(=O)(=O)C1CC1. The van der Waals surface area contributed by atoms with Crippen molar-refractivity contribution in [3.63, 3.8) is 0 Å². The van der Waals surface area contributed by atoms with Crippen LogP contribution in [0.15, 0.2) is 30.3 Å². The van der Waals surface area contributed by atoms with Crippen LogP contribution in [0.25, 0.3) is 17.0 Å². The first kappa shape index (κ1) is 40.3. The highest BCUT2D eigenvalue weighted by molar-refractivity contribution is 7.91. The molecule has 4 heterocycles. The number of carbonyl (C=O) groups excluding carboxylic acids is 4. The van der Waals surface area contributed by atoms with Crippen molar-refractivity contribution in [2.75, 3.05) is 33.4 Å². The molecule has 2 aromatic rings. The molecule has 3 aliphatic heterocycles. The predicted octanol–water partition coefficient (Wildman–Crippen LogP) is 4.04. The van der Waals surface area contributed by atoms with Crippen molar-refractivity contribution < 1.29 is 41.8 Å². The molecule has 3 N–H and O–H groups in total. The molecule has 0 spiro atoms. The molecule has 8 rings (SSSR count). The molecule has 6 aliphatic rings. The maximum atomic E-state index is 15.0. The number of ether oxygens (including phenoxy) is 3. The second-order valence-electron chi connectivity index (χ2n) is 16.9. The lowest BCUT2D eigenvalue weighted by Gasteiger charge is -2.48. The first-order chi connectivity index (χ1) is 28.0. The zero-order valence-corrected chi connectivity index (χ0v) is 34.3. The molecule has 0 radical (unpaired) electrons. The number of benzene rings is 1. The largest absolute Gasteiger partial charge is 0.497 e. The van der Waals surface area contributed by atoms with E-state index in [0.29, 0.717) is 68.9 Å². The summed E-state index contributed by atoms with van der Waals surface area (Å²) in [5.41, 5.74) is -0.0635. The van der Waals surface area contributed by atoms with Gasteiger partial charge in [0.25, 0.3) is 5.91 Å². The summed E-state index contributed by atoms with van der Waals surface area (Å²) in [6, 6.07) is 5.33. The molecule has 6 atom stereocenters. The van der Waals surface area contributed by atoms with E-state index in [4.69, 9.17) is 19.2 Å². The van der Waals surface area contributed by atoms with Crippen LogP contribution < -0.4 is 24.8 Å². The third-order valence-corrected chi connectivity index (χ3v) is 15.0. The monoisotopic (exact) mass is 820 g/mol. The summed E-state index contributed by atoms with van der Waals surface area (Å²) in [5.74, 6) is -1.13. The van der Waals surface area contributed by atoms with Crippen LogP contribution in [0.4, 0.5) is 4.79 Å². The Morgan fingerprint density at radius 2 is 1.84 bits per heavy atom. The van der Waals surface area contributed by atoms with Gasteiger partial charge in [0.1, 0.15) is 29.5 Å². The lowest BCUT2D eigenvalue weighted by atomic mass is 9.64. The van der Waals surface area contributed by atoms with Crippen molar-refractivity contribution in [2.24, 2.45) is 11.8 Å². The maximum absolute atomic E-state index is 15.0. The highest BCUT2D eigenvalue weighted by atomic mass is 32.2. The van der Waals surface area contributed by atoms with E-state index < -0.39 is 50.8 Å². The fourth-order valence-corrected chi connectivity index (χ4v) is 10.9. The number of nitrogens with zero attached hydrogens (tertiary/aromatic N) is 3. The summed E-state index contributed by atoms with van der Waals surface area (Å²) in [6.45, 7) is 3.42. The minimum absolute atomic E-state index is 0.0308. The van der Waals surface area contributed by atoms with Crippen LogP contribution in [-0.2, 0) is 29.1 Å². The number of nitrogens with one attached hydrogen (secondary N) is 3. The number of fused-ring (bicyclic) bond motifs is 6. The van der Waals surface area contributed by atoms with Gasteiger partial charge in [0.15, 0.2) is 0 Å². The number of amides is 5. The van der Waals surface area contributed by atoms with E-state index in [2.05, 4.69) is 21.4 Å². The van der Waals surface area contributed by atoms with Gasteiger partial charge in [0.05, 0.1) is 30.5 Å². The summed E-state index contributed by atoms with van der Waals surface area (Å²) in [5, 5.41) is 6.36. The third kappa shape index (κ3) is 8.23. The summed E-state index contributed by atoms with van der Waals surface area (Å²) in [4.78, 5) is 65.6. The summed E-state index contributed by atoms with van der Waals surface area (Å²) >= 11 is 0. The molecular formula is C42H56N6O9S. The molecular weight excluding hydrogens is 765 g/mol. The van der Waals surface area contributed by atoms with Crippen LogP contribution in [0.1, 0.15) is 96.0 Å². The van der Waals surface area contributed by atoms with Gasteiger partial charge in [0.2, 0.25) is 27.7 Å². The normalized spacial score (nSPS) is 30.3. The molecule has 314 valence electrons. The summed E-state index contributed by atoms with van der Waals surface area (Å²) < 4.78 is 46.5.